The Kier molecular flexibility index (Phi) is 4.20. The van der Waals surface area contributed by atoms with Crippen LogP contribution < -0.4 is 5.32 Å². The van der Waals surface area contributed by atoms with Crippen LogP contribution in [0.5, 0.6) is 0 Å². The SMILES string of the molecule is CC[C@@H](NC(=O)C1CCc2ccccc2C1)C(=O)O. The quantitative estimate of drug-likeness (QED) is 0.868. The van der Waals surface area contributed by atoms with Crippen molar-refractivity contribution >= 4 is 11.9 Å². The maximum atomic E-state index is 12.1. The first-order valence-corrected chi connectivity index (χ1v) is 6.71. The summed E-state index contributed by atoms with van der Waals surface area (Å²) in [5, 5.41) is 11.6. The number of hydrogen-bond donors (Lipinski definition) is 2. The monoisotopic (exact) mass is 261 g/mol. The first-order chi connectivity index (χ1) is 9.11. The van der Waals surface area contributed by atoms with Gasteiger partial charge in [-0.2, -0.15) is 0 Å². The Morgan fingerprint density at radius 3 is 2.68 bits per heavy atom. The Balaban J connectivity index is 2.01. The summed E-state index contributed by atoms with van der Waals surface area (Å²) in [5.74, 6) is -1.21. The average Bonchev–Trinajstić information content (AvgIpc) is 2.43. The molecule has 0 heterocycles. The smallest absolute Gasteiger partial charge is 0.326 e. The normalized spacial score (nSPS) is 19.3. The molecule has 0 aliphatic heterocycles. The highest BCUT2D eigenvalue weighted by molar-refractivity contribution is 5.85. The van der Waals surface area contributed by atoms with Crippen molar-refractivity contribution in [3.05, 3.63) is 35.4 Å². The van der Waals surface area contributed by atoms with Gasteiger partial charge in [-0.05, 0) is 36.8 Å². The number of carbonyl (C=O) groups is 2. The summed E-state index contributed by atoms with van der Waals surface area (Å²) in [6, 6.07) is 7.35. The first-order valence-electron chi connectivity index (χ1n) is 6.71. The highest BCUT2D eigenvalue weighted by Gasteiger charge is 2.27. The van der Waals surface area contributed by atoms with Crippen molar-refractivity contribution in [1.29, 1.82) is 0 Å². The van der Waals surface area contributed by atoms with Crippen LogP contribution >= 0.6 is 0 Å². The summed E-state index contributed by atoms with van der Waals surface area (Å²) >= 11 is 0. The molecule has 0 bridgehead atoms. The fourth-order valence-electron chi connectivity index (χ4n) is 2.55. The van der Waals surface area contributed by atoms with Crippen LogP contribution in [0.3, 0.4) is 0 Å². The Morgan fingerprint density at radius 1 is 1.37 bits per heavy atom. The standard InChI is InChI=1S/C15H19NO3/c1-2-13(15(18)19)16-14(17)12-8-7-10-5-3-4-6-11(10)9-12/h3-6,12-13H,2,7-9H2,1H3,(H,16,17)(H,18,19)/t12?,13-/m1/s1. The number of carbonyl (C=O) groups excluding carboxylic acids is 1. The maximum absolute atomic E-state index is 12.1. The Morgan fingerprint density at radius 2 is 2.05 bits per heavy atom. The Hall–Kier alpha value is -1.84. The molecule has 0 aromatic heterocycles. The van der Waals surface area contributed by atoms with E-state index in [1.165, 1.54) is 11.1 Å². The molecule has 1 aromatic rings. The second-order valence-corrected chi connectivity index (χ2v) is 5.02. The molecule has 4 heteroatoms. The number of hydrogen-bond acceptors (Lipinski definition) is 2. The van der Waals surface area contributed by atoms with Crippen LogP contribution in [0.25, 0.3) is 0 Å². The summed E-state index contributed by atoms with van der Waals surface area (Å²) in [4.78, 5) is 23.0. The first kappa shape index (κ1) is 13.6. The highest BCUT2D eigenvalue weighted by Crippen LogP contribution is 2.25. The molecule has 2 rings (SSSR count). The van der Waals surface area contributed by atoms with E-state index in [1.54, 1.807) is 6.92 Å². The molecule has 0 radical (unpaired) electrons. The maximum Gasteiger partial charge on any atom is 0.326 e. The largest absolute Gasteiger partial charge is 0.480 e. The molecular formula is C15H19NO3. The van der Waals surface area contributed by atoms with Crippen LogP contribution in [-0.2, 0) is 22.4 Å². The minimum absolute atomic E-state index is 0.108. The van der Waals surface area contributed by atoms with Crippen LogP contribution in [0.15, 0.2) is 24.3 Å². The molecular weight excluding hydrogens is 242 g/mol. The Labute approximate surface area is 112 Å². The van der Waals surface area contributed by atoms with Crippen molar-refractivity contribution < 1.29 is 14.7 Å². The van der Waals surface area contributed by atoms with Gasteiger partial charge in [-0.15, -0.1) is 0 Å². The molecule has 102 valence electrons. The van der Waals surface area contributed by atoms with Gasteiger partial charge in [0, 0.05) is 5.92 Å². The number of amides is 1. The third-order valence-corrected chi connectivity index (χ3v) is 3.74. The molecule has 2 atom stereocenters. The lowest BCUT2D eigenvalue weighted by molar-refractivity contribution is -0.142. The van der Waals surface area contributed by atoms with Gasteiger partial charge in [-0.25, -0.2) is 4.79 Å². The van der Waals surface area contributed by atoms with E-state index in [2.05, 4.69) is 11.4 Å². The minimum atomic E-state index is -0.966. The molecule has 4 nitrogen and oxygen atoms in total. The summed E-state index contributed by atoms with van der Waals surface area (Å²) in [7, 11) is 0. The van der Waals surface area contributed by atoms with Crippen LogP contribution in [0, 0.1) is 5.92 Å². The van der Waals surface area contributed by atoms with Gasteiger partial charge in [0.05, 0.1) is 0 Å². The van der Waals surface area contributed by atoms with Gasteiger partial charge in [0.15, 0.2) is 0 Å². The summed E-state index contributed by atoms with van der Waals surface area (Å²) in [5.41, 5.74) is 2.51. The summed E-state index contributed by atoms with van der Waals surface area (Å²) < 4.78 is 0. The third kappa shape index (κ3) is 3.13. The molecule has 0 spiro atoms. The Bertz CT molecular complexity index is 484. The van der Waals surface area contributed by atoms with Gasteiger partial charge in [0.2, 0.25) is 5.91 Å². The number of carboxylic acids is 1. The van der Waals surface area contributed by atoms with Crippen LogP contribution in [0.2, 0.25) is 0 Å². The number of aryl methyl sites for hydroxylation is 1. The van der Waals surface area contributed by atoms with Crippen molar-refractivity contribution in [2.45, 2.75) is 38.6 Å². The number of fused-ring (bicyclic) bond motifs is 1. The number of aliphatic carboxylic acids is 1. The molecule has 2 N–H and O–H groups in total. The predicted octanol–water partition coefficient (Wildman–Crippen LogP) is 1.77. The summed E-state index contributed by atoms with van der Waals surface area (Å²) in [6.45, 7) is 1.76. The molecule has 1 aromatic carbocycles. The van der Waals surface area contributed by atoms with Crippen LogP contribution in [0.1, 0.15) is 30.9 Å². The van der Waals surface area contributed by atoms with Crippen molar-refractivity contribution in [3.8, 4) is 0 Å². The predicted molar refractivity (Wildman–Crippen MR) is 71.8 cm³/mol. The van der Waals surface area contributed by atoms with E-state index in [1.807, 2.05) is 18.2 Å². The second kappa shape index (κ2) is 5.87. The van der Waals surface area contributed by atoms with E-state index in [4.69, 9.17) is 5.11 Å². The number of carboxylic acid groups (broad SMARTS) is 1. The van der Waals surface area contributed by atoms with Gasteiger partial charge in [0.25, 0.3) is 0 Å². The lowest BCUT2D eigenvalue weighted by Gasteiger charge is -2.25. The van der Waals surface area contributed by atoms with E-state index in [0.717, 1.165) is 12.8 Å². The number of rotatable bonds is 4. The van der Waals surface area contributed by atoms with Gasteiger partial charge >= 0.3 is 5.97 Å². The molecule has 1 aliphatic rings. The van der Waals surface area contributed by atoms with Gasteiger partial charge in [0.1, 0.15) is 6.04 Å². The second-order valence-electron chi connectivity index (χ2n) is 5.02. The lowest BCUT2D eigenvalue weighted by Crippen LogP contribution is -2.44. The van der Waals surface area contributed by atoms with Crippen LogP contribution in [-0.4, -0.2) is 23.0 Å². The van der Waals surface area contributed by atoms with Crippen molar-refractivity contribution in [2.24, 2.45) is 5.92 Å². The molecule has 1 unspecified atom stereocenters. The van der Waals surface area contributed by atoms with Crippen molar-refractivity contribution in [2.75, 3.05) is 0 Å². The fourth-order valence-corrected chi connectivity index (χ4v) is 2.55. The highest BCUT2D eigenvalue weighted by atomic mass is 16.4. The molecule has 0 saturated carbocycles. The average molecular weight is 261 g/mol. The van der Waals surface area contributed by atoms with Gasteiger partial charge < -0.3 is 10.4 Å². The molecule has 19 heavy (non-hydrogen) atoms. The van der Waals surface area contributed by atoms with E-state index in [0.29, 0.717) is 12.8 Å². The molecule has 1 amide bonds. The topological polar surface area (TPSA) is 66.4 Å². The van der Waals surface area contributed by atoms with E-state index >= 15 is 0 Å². The minimum Gasteiger partial charge on any atom is -0.480 e. The third-order valence-electron chi connectivity index (χ3n) is 3.74. The van der Waals surface area contributed by atoms with Gasteiger partial charge in [-0.3, -0.25) is 4.79 Å². The molecule has 1 aliphatic carbocycles. The molecule has 0 saturated heterocycles. The van der Waals surface area contributed by atoms with Crippen molar-refractivity contribution in [3.63, 3.8) is 0 Å². The van der Waals surface area contributed by atoms with E-state index in [-0.39, 0.29) is 11.8 Å². The zero-order valence-electron chi connectivity index (χ0n) is 11.1. The zero-order valence-corrected chi connectivity index (χ0v) is 11.1. The fraction of sp³-hybridized carbons (Fsp3) is 0.467. The molecule has 0 fully saturated rings. The number of nitrogens with one attached hydrogen (secondary N) is 1. The van der Waals surface area contributed by atoms with E-state index in [9.17, 15) is 9.59 Å². The van der Waals surface area contributed by atoms with Crippen LogP contribution in [0.4, 0.5) is 0 Å². The van der Waals surface area contributed by atoms with Crippen molar-refractivity contribution in [1.82, 2.24) is 5.32 Å². The lowest BCUT2D eigenvalue weighted by atomic mass is 9.83. The van der Waals surface area contributed by atoms with Gasteiger partial charge in [-0.1, -0.05) is 31.2 Å². The summed E-state index contributed by atoms with van der Waals surface area (Å²) in [6.07, 6.45) is 2.79. The van der Waals surface area contributed by atoms with E-state index < -0.39 is 12.0 Å². The zero-order chi connectivity index (χ0) is 13.8. The number of benzene rings is 1.